The molecule has 3 aliphatic rings. The van der Waals surface area contributed by atoms with Crippen molar-refractivity contribution in [2.45, 2.75) is 25.2 Å². The molecule has 2 aromatic heterocycles. The van der Waals surface area contributed by atoms with Gasteiger partial charge >= 0.3 is 0 Å². The van der Waals surface area contributed by atoms with Gasteiger partial charge in [-0.05, 0) is 77.8 Å². The van der Waals surface area contributed by atoms with Gasteiger partial charge in [0.2, 0.25) is 0 Å². The lowest BCUT2D eigenvalue weighted by Crippen LogP contribution is -2.20. The Morgan fingerprint density at radius 1 is 0.667 bits per heavy atom. The summed E-state index contributed by atoms with van der Waals surface area (Å²) in [7, 11) is 0. The van der Waals surface area contributed by atoms with E-state index in [1.807, 2.05) is 0 Å². The summed E-state index contributed by atoms with van der Waals surface area (Å²) in [4.78, 5) is 0. The van der Waals surface area contributed by atoms with Crippen molar-refractivity contribution in [3.63, 3.8) is 0 Å². The Bertz CT molecular complexity index is 1550. The molecule has 3 aliphatic carbocycles. The first kappa shape index (κ1) is 15.7. The number of benzene rings is 3. The van der Waals surface area contributed by atoms with Crippen LogP contribution < -0.4 is 5.22 Å². The second kappa shape index (κ2) is 5.35. The molecular weight excluding hydrogens is 362 g/mol. The van der Waals surface area contributed by atoms with Crippen molar-refractivity contribution in [1.29, 1.82) is 0 Å². The molecule has 2 fully saturated rings. The minimum Gasteiger partial charge on any atom is -0.309 e. The lowest BCUT2D eigenvalue weighted by molar-refractivity contribution is 0.364. The van der Waals surface area contributed by atoms with Gasteiger partial charge < -0.3 is 4.40 Å². The van der Waals surface area contributed by atoms with Crippen LogP contribution in [-0.2, 0) is 0 Å². The Morgan fingerprint density at radius 3 is 2.33 bits per heavy atom. The van der Waals surface area contributed by atoms with E-state index in [0.717, 1.165) is 17.8 Å². The number of rotatable bonds is 0. The van der Waals surface area contributed by atoms with Crippen molar-refractivity contribution in [2.24, 2.45) is 17.8 Å². The van der Waals surface area contributed by atoms with Crippen LogP contribution in [0.5, 0.6) is 0 Å². The van der Waals surface area contributed by atoms with E-state index in [4.69, 9.17) is 0 Å². The molecule has 5 aromatic rings. The summed E-state index contributed by atoms with van der Waals surface area (Å²) < 4.78 is 2.51. The SMILES string of the molecule is c1ccc2c(c1)/C(=c1/c3ccccc3n3c1cc1ccccc13)C1C2[C@@H]2CC[C@H]1C2. The molecule has 0 radical (unpaired) electrons. The highest BCUT2D eigenvalue weighted by Gasteiger charge is 2.54. The summed E-state index contributed by atoms with van der Waals surface area (Å²) in [5, 5.41) is 4.27. The Balaban J connectivity index is 1.63. The van der Waals surface area contributed by atoms with Crippen molar-refractivity contribution < 1.29 is 0 Å². The van der Waals surface area contributed by atoms with Gasteiger partial charge in [0.05, 0.1) is 16.6 Å². The standard InChI is InChI=1S/C29H23N/c1-5-11-23-17(7-1)16-25-28(22-10-4-6-12-24(22)30(23)25)29-21-9-3-2-8-20(21)26-18-13-14-19(15-18)27(26)29/h1-12,16,18-19,26-27H,13-15H2/b29-28+/t18-,19+,26?,27?/m1/s1. The van der Waals surface area contributed by atoms with Gasteiger partial charge in [0.15, 0.2) is 0 Å². The van der Waals surface area contributed by atoms with Crippen LogP contribution in [-0.4, -0.2) is 4.40 Å². The second-order valence-electron chi connectivity index (χ2n) is 9.70. The summed E-state index contributed by atoms with van der Waals surface area (Å²) in [6, 6.07) is 29.7. The van der Waals surface area contributed by atoms with Crippen LogP contribution in [0.25, 0.3) is 32.9 Å². The van der Waals surface area contributed by atoms with Crippen LogP contribution in [0.15, 0.2) is 78.9 Å². The van der Waals surface area contributed by atoms with E-state index in [2.05, 4.69) is 83.3 Å². The topological polar surface area (TPSA) is 4.41 Å². The van der Waals surface area contributed by atoms with Crippen molar-refractivity contribution in [2.75, 3.05) is 0 Å². The molecule has 2 heterocycles. The van der Waals surface area contributed by atoms with Crippen molar-refractivity contribution in [3.8, 4) is 0 Å². The molecule has 2 unspecified atom stereocenters. The molecule has 30 heavy (non-hydrogen) atoms. The number of hydrogen-bond acceptors (Lipinski definition) is 0. The zero-order valence-corrected chi connectivity index (χ0v) is 16.9. The highest BCUT2D eigenvalue weighted by Crippen LogP contribution is 2.64. The van der Waals surface area contributed by atoms with Gasteiger partial charge in [-0.3, -0.25) is 0 Å². The molecule has 2 saturated carbocycles. The summed E-state index contributed by atoms with van der Waals surface area (Å²) in [6.45, 7) is 0. The van der Waals surface area contributed by atoms with Gasteiger partial charge in [-0.2, -0.15) is 0 Å². The first-order valence-electron chi connectivity index (χ1n) is 11.4. The average molecular weight is 386 g/mol. The lowest BCUT2D eigenvalue weighted by Gasteiger charge is -2.26. The van der Waals surface area contributed by atoms with Gasteiger partial charge in [0, 0.05) is 16.0 Å². The Morgan fingerprint density at radius 2 is 1.40 bits per heavy atom. The van der Waals surface area contributed by atoms with Crippen LogP contribution in [0.4, 0.5) is 0 Å². The maximum absolute atomic E-state index is 2.51. The van der Waals surface area contributed by atoms with Crippen LogP contribution in [0, 0.1) is 17.8 Å². The molecular formula is C29H23N. The third-order valence-corrected chi connectivity index (χ3v) is 8.51. The summed E-state index contributed by atoms with van der Waals surface area (Å²) in [5.74, 6) is 3.20. The summed E-state index contributed by atoms with van der Waals surface area (Å²) in [5.41, 5.74) is 8.88. The van der Waals surface area contributed by atoms with Gasteiger partial charge in [-0.15, -0.1) is 0 Å². The van der Waals surface area contributed by atoms with E-state index in [0.29, 0.717) is 5.92 Å². The van der Waals surface area contributed by atoms with Crippen molar-refractivity contribution in [1.82, 2.24) is 4.40 Å². The molecule has 4 atom stereocenters. The third kappa shape index (κ3) is 1.73. The Labute approximate surface area is 175 Å². The first-order valence-corrected chi connectivity index (χ1v) is 11.4. The fraction of sp³-hybridized carbons (Fsp3) is 0.241. The first-order chi connectivity index (χ1) is 14.9. The number of hydrogen-bond donors (Lipinski definition) is 0. The summed E-state index contributed by atoms with van der Waals surface area (Å²) in [6.07, 6.45) is 4.28. The zero-order valence-electron chi connectivity index (χ0n) is 16.9. The molecule has 2 bridgehead atoms. The Kier molecular flexibility index (Phi) is 2.80. The van der Waals surface area contributed by atoms with E-state index in [9.17, 15) is 0 Å². The third-order valence-electron chi connectivity index (χ3n) is 8.51. The van der Waals surface area contributed by atoms with Gasteiger partial charge in [0.25, 0.3) is 0 Å². The monoisotopic (exact) mass is 385 g/mol. The molecule has 1 heteroatoms. The van der Waals surface area contributed by atoms with E-state index in [1.54, 1.807) is 11.1 Å². The van der Waals surface area contributed by atoms with Crippen LogP contribution >= 0.6 is 0 Å². The largest absolute Gasteiger partial charge is 0.309 e. The lowest BCUT2D eigenvalue weighted by atomic mass is 9.78. The van der Waals surface area contributed by atoms with E-state index in [-0.39, 0.29) is 0 Å². The molecule has 0 aliphatic heterocycles. The number of para-hydroxylation sites is 2. The highest BCUT2D eigenvalue weighted by atomic mass is 14.9. The van der Waals surface area contributed by atoms with Crippen LogP contribution in [0.1, 0.15) is 36.3 Å². The van der Waals surface area contributed by atoms with Gasteiger partial charge in [-0.25, -0.2) is 0 Å². The molecule has 0 amide bonds. The normalized spacial score (nSPS) is 28.7. The molecule has 0 N–H and O–H groups in total. The van der Waals surface area contributed by atoms with Gasteiger partial charge in [0.1, 0.15) is 0 Å². The number of nitrogens with zero attached hydrogens (tertiary/aromatic N) is 1. The second-order valence-corrected chi connectivity index (χ2v) is 9.70. The fourth-order valence-electron chi connectivity index (χ4n) is 7.57. The quantitative estimate of drug-likeness (QED) is 0.294. The average Bonchev–Trinajstić information content (AvgIpc) is 3.57. The fourth-order valence-corrected chi connectivity index (χ4v) is 7.57. The predicted molar refractivity (Wildman–Crippen MR) is 124 cm³/mol. The minimum absolute atomic E-state index is 0.703. The number of fused-ring (bicyclic) bond motifs is 12. The maximum atomic E-state index is 2.51. The summed E-state index contributed by atoms with van der Waals surface area (Å²) >= 11 is 0. The Hall–Kier alpha value is -3.06. The molecule has 8 rings (SSSR count). The van der Waals surface area contributed by atoms with Crippen LogP contribution in [0.3, 0.4) is 0 Å². The smallest absolute Gasteiger partial charge is 0.0551 e. The molecule has 0 spiro atoms. The number of aromatic nitrogens is 1. The zero-order chi connectivity index (χ0) is 19.4. The minimum atomic E-state index is 0.703. The molecule has 0 saturated heterocycles. The van der Waals surface area contributed by atoms with Crippen molar-refractivity contribution in [3.05, 3.63) is 95.2 Å². The van der Waals surface area contributed by atoms with Crippen molar-refractivity contribution >= 4 is 32.9 Å². The molecule has 1 nitrogen and oxygen atoms in total. The van der Waals surface area contributed by atoms with Gasteiger partial charge in [-0.1, -0.05) is 60.7 Å². The van der Waals surface area contributed by atoms with Crippen LogP contribution in [0.2, 0.25) is 0 Å². The predicted octanol–water partition coefficient (Wildman–Crippen LogP) is 6.31. The maximum Gasteiger partial charge on any atom is 0.0551 e. The van der Waals surface area contributed by atoms with E-state index < -0.39 is 0 Å². The molecule has 3 aromatic carbocycles. The van der Waals surface area contributed by atoms with E-state index in [1.165, 1.54) is 57.4 Å². The van der Waals surface area contributed by atoms with E-state index >= 15 is 0 Å². The highest BCUT2D eigenvalue weighted by molar-refractivity contribution is 6.01. The molecule has 144 valence electrons.